The van der Waals surface area contributed by atoms with Crippen molar-refractivity contribution in [2.45, 2.75) is 26.7 Å². The number of nitrogens with two attached hydrogens (primary N) is 1. The molecule has 2 N–H and O–H groups in total. The molecule has 0 fully saturated rings. The summed E-state index contributed by atoms with van der Waals surface area (Å²) in [5, 5.41) is 0. The van der Waals surface area contributed by atoms with Crippen molar-refractivity contribution in [3.63, 3.8) is 0 Å². The van der Waals surface area contributed by atoms with E-state index < -0.39 is 0 Å². The Morgan fingerprint density at radius 1 is 1.29 bits per heavy atom. The number of hydrogen-bond acceptors (Lipinski definition) is 1. The zero-order chi connectivity index (χ0) is 10.8. The molecule has 1 atom stereocenters. The molecule has 0 aliphatic heterocycles. The Kier molecular flexibility index (Phi) is 3.27. The van der Waals surface area contributed by atoms with Crippen LogP contribution in [0, 0.1) is 5.41 Å². The fraction of sp³-hybridized carbons (Fsp3) is 0.417. The van der Waals surface area contributed by atoms with Crippen LogP contribution in [0.15, 0.2) is 30.3 Å². The van der Waals surface area contributed by atoms with E-state index in [4.69, 9.17) is 18.0 Å². The van der Waals surface area contributed by atoms with Gasteiger partial charge in [-0.15, -0.1) is 0 Å². The molecule has 0 spiro atoms. The third-order valence-electron chi connectivity index (χ3n) is 3.02. The minimum absolute atomic E-state index is 0.128. The van der Waals surface area contributed by atoms with E-state index in [0.717, 1.165) is 0 Å². The van der Waals surface area contributed by atoms with Crippen LogP contribution in [0.1, 0.15) is 32.3 Å². The lowest BCUT2D eigenvalue weighted by molar-refractivity contribution is 0.433. The second-order valence-corrected chi connectivity index (χ2v) is 4.66. The molecule has 0 aromatic heterocycles. The average Bonchev–Trinajstić information content (AvgIpc) is 2.17. The highest BCUT2D eigenvalue weighted by atomic mass is 32.1. The number of thiocarbonyl (C=S) groups is 1. The molecular formula is C12H17NS. The van der Waals surface area contributed by atoms with Gasteiger partial charge in [0.1, 0.15) is 0 Å². The molecule has 0 amide bonds. The normalized spacial score (nSPS) is 13.6. The standard InChI is InChI=1S/C12H17NS/c1-9(12(2,3)11(13)14)10-7-5-4-6-8-10/h4-9H,1-3H3,(H2,13,14). The lowest BCUT2D eigenvalue weighted by atomic mass is 9.76. The minimum Gasteiger partial charge on any atom is -0.393 e. The summed E-state index contributed by atoms with van der Waals surface area (Å²) in [7, 11) is 0. The Morgan fingerprint density at radius 3 is 2.21 bits per heavy atom. The third-order valence-corrected chi connectivity index (χ3v) is 3.54. The van der Waals surface area contributed by atoms with Crippen molar-refractivity contribution in [1.29, 1.82) is 0 Å². The largest absolute Gasteiger partial charge is 0.393 e. The van der Waals surface area contributed by atoms with Gasteiger partial charge in [0, 0.05) is 5.41 Å². The Balaban J connectivity index is 2.96. The van der Waals surface area contributed by atoms with E-state index in [-0.39, 0.29) is 5.41 Å². The van der Waals surface area contributed by atoms with E-state index in [1.54, 1.807) is 0 Å². The average molecular weight is 207 g/mol. The maximum Gasteiger partial charge on any atom is 0.0790 e. The van der Waals surface area contributed by atoms with E-state index in [2.05, 4.69) is 32.9 Å². The monoisotopic (exact) mass is 207 g/mol. The van der Waals surface area contributed by atoms with Gasteiger partial charge in [0.05, 0.1) is 4.99 Å². The summed E-state index contributed by atoms with van der Waals surface area (Å²) in [4.78, 5) is 0.578. The van der Waals surface area contributed by atoms with E-state index in [1.165, 1.54) is 5.56 Å². The SMILES string of the molecule is CC(c1ccccc1)C(C)(C)C(N)=S. The van der Waals surface area contributed by atoms with Gasteiger partial charge < -0.3 is 5.73 Å². The molecule has 0 saturated heterocycles. The van der Waals surface area contributed by atoms with Gasteiger partial charge in [-0.3, -0.25) is 0 Å². The Bertz CT molecular complexity index is 316. The molecule has 14 heavy (non-hydrogen) atoms. The Morgan fingerprint density at radius 2 is 1.79 bits per heavy atom. The molecule has 2 heteroatoms. The lowest BCUT2D eigenvalue weighted by Crippen LogP contribution is -2.34. The van der Waals surface area contributed by atoms with Crippen molar-refractivity contribution >= 4 is 17.2 Å². The number of rotatable bonds is 3. The van der Waals surface area contributed by atoms with Crippen LogP contribution in [0.4, 0.5) is 0 Å². The van der Waals surface area contributed by atoms with Crippen LogP contribution in [0.25, 0.3) is 0 Å². The van der Waals surface area contributed by atoms with Gasteiger partial charge in [0.25, 0.3) is 0 Å². The second-order valence-electron chi connectivity index (χ2n) is 4.22. The fourth-order valence-corrected chi connectivity index (χ4v) is 1.55. The maximum absolute atomic E-state index is 5.74. The lowest BCUT2D eigenvalue weighted by Gasteiger charge is -2.31. The molecule has 1 aromatic rings. The summed E-state index contributed by atoms with van der Waals surface area (Å²) < 4.78 is 0. The van der Waals surface area contributed by atoms with Crippen molar-refractivity contribution in [3.8, 4) is 0 Å². The van der Waals surface area contributed by atoms with Crippen LogP contribution in [0.5, 0.6) is 0 Å². The molecule has 1 unspecified atom stereocenters. The summed E-state index contributed by atoms with van der Waals surface area (Å²) in [5.74, 6) is 0.348. The molecular weight excluding hydrogens is 190 g/mol. The third kappa shape index (κ3) is 2.13. The Hall–Kier alpha value is -0.890. The first-order valence-corrected chi connectivity index (χ1v) is 5.22. The molecule has 0 bridgehead atoms. The topological polar surface area (TPSA) is 26.0 Å². The predicted molar refractivity (Wildman–Crippen MR) is 65.4 cm³/mol. The summed E-state index contributed by atoms with van der Waals surface area (Å²) in [6, 6.07) is 10.3. The smallest absolute Gasteiger partial charge is 0.0790 e. The molecule has 0 heterocycles. The van der Waals surface area contributed by atoms with Crippen molar-refractivity contribution in [1.82, 2.24) is 0 Å². The highest BCUT2D eigenvalue weighted by molar-refractivity contribution is 7.80. The van der Waals surface area contributed by atoms with Crippen molar-refractivity contribution in [2.24, 2.45) is 11.1 Å². The van der Waals surface area contributed by atoms with Crippen LogP contribution in [-0.2, 0) is 0 Å². The molecule has 1 nitrogen and oxygen atoms in total. The quantitative estimate of drug-likeness (QED) is 0.771. The molecule has 1 rings (SSSR count). The summed E-state index contributed by atoms with van der Waals surface area (Å²) in [6.07, 6.45) is 0. The van der Waals surface area contributed by atoms with Gasteiger partial charge in [-0.05, 0) is 11.5 Å². The summed E-state index contributed by atoms with van der Waals surface area (Å²) in [5.41, 5.74) is 6.89. The molecule has 76 valence electrons. The first kappa shape index (κ1) is 11.2. The summed E-state index contributed by atoms with van der Waals surface area (Å²) in [6.45, 7) is 6.34. The molecule has 0 aliphatic rings. The molecule has 0 radical (unpaired) electrons. The second kappa shape index (κ2) is 4.09. The van der Waals surface area contributed by atoms with Crippen molar-refractivity contribution in [2.75, 3.05) is 0 Å². The van der Waals surface area contributed by atoms with Crippen LogP contribution in [-0.4, -0.2) is 4.99 Å². The fourth-order valence-electron chi connectivity index (χ4n) is 1.37. The molecule has 1 aromatic carbocycles. The predicted octanol–water partition coefficient (Wildman–Crippen LogP) is 3.10. The first-order valence-electron chi connectivity index (χ1n) is 4.81. The van der Waals surface area contributed by atoms with Crippen LogP contribution < -0.4 is 5.73 Å². The highest BCUT2D eigenvalue weighted by Crippen LogP contribution is 2.35. The van der Waals surface area contributed by atoms with Crippen LogP contribution >= 0.6 is 12.2 Å². The maximum atomic E-state index is 5.74. The van der Waals surface area contributed by atoms with E-state index in [9.17, 15) is 0 Å². The van der Waals surface area contributed by atoms with Crippen LogP contribution in [0.2, 0.25) is 0 Å². The van der Waals surface area contributed by atoms with Gasteiger partial charge >= 0.3 is 0 Å². The minimum atomic E-state index is -0.128. The van der Waals surface area contributed by atoms with Crippen molar-refractivity contribution in [3.05, 3.63) is 35.9 Å². The molecule has 0 saturated carbocycles. The zero-order valence-corrected chi connectivity index (χ0v) is 9.77. The first-order chi connectivity index (χ1) is 6.46. The summed E-state index contributed by atoms with van der Waals surface area (Å²) >= 11 is 5.09. The highest BCUT2D eigenvalue weighted by Gasteiger charge is 2.29. The molecule has 0 aliphatic carbocycles. The van der Waals surface area contributed by atoms with E-state index in [1.807, 2.05) is 18.2 Å². The van der Waals surface area contributed by atoms with Gasteiger partial charge in [0.15, 0.2) is 0 Å². The van der Waals surface area contributed by atoms with E-state index >= 15 is 0 Å². The van der Waals surface area contributed by atoms with E-state index in [0.29, 0.717) is 10.9 Å². The number of hydrogen-bond donors (Lipinski definition) is 1. The van der Waals surface area contributed by atoms with Gasteiger partial charge in [-0.25, -0.2) is 0 Å². The van der Waals surface area contributed by atoms with Gasteiger partial charge in [-0.1, -0.05) is 63.3 Å². The van der Waals surface area contributed by atoms with Crippen LogP contribution in [0.3, 0.4) is 0 Å². The zero-order valence-electron chi connectivity index (χ0n) is 8.95. The van der Waals surface area contributed by atoms with Gasteiger partial charge in [0.2, 0.25) is 0 Å². The van der Waals surface area contributed by atoms with Gasteiger partial charge in [-0.2, -0.15) is 0 Å². The number of benzene rings is 1. The Labute approximate surface area is 91.3 Å². The van der Waals surface area contributed by atoms with Crippen molar-refractivity contribution < 1.29 is 0 Å².